The fourth-order valence-electron chi connectivity index (χ4n) is 1.93. The Morgan fingerprint density at radius 1 is 1.33 bits per heavy atom. The highest BCUT2D eigenvalue weighted by Crippen LogP contribution is 2.27. The molecule has 80 valence electrons. The van der Waals surface area contributed by atoms with E-state index in [2.05, 4.69) is 6.08 Å². The Morgan fingerprint density at radius 2 is 2.07 bits per heavy atom. The summed E-state index contributed by atoms with van der Waals surface area (Å²) in [6.07, 6.45) is 4.88. The van der Waals surface area contributed by atoms with Crippen LogP contribution in [0.2, 0.25) is 0 Å². The molecule has 0 amide bonds. The fraction of sp³-hybridized carbons (Fsp3) is 0.385. The standard InChI is InChI=1S/C13H16O2/c1-15-12-7-5-10(6-8-12)9-11-3-2-4-13(11)14/h5-9,13-14H,2-4H2,1H3/b11-9+. The van der Waals surface area contributed by atoms with Crippen molar-refractivity contribution in [2.75, 3.05) is 7.11 Å². The van der Waals surface area contributed by atoms with E-state index in [0.29, 0.717) is 0 Å². The highest BCUT2D eigenvalue weighted by Gasteiger charge is 2.17. The van der Waals surface area contributed by atoms with Crippen molar-refractivity contribution in [2.24, 2.45) is 0 Å². The van der Waals surface area contributed by atoms with Crippen LogP contribution in [0, 0.1) is 0 Å². The van der Waals surface area contributed by atoms with Crippen LogP contribution in [0.4, 0.5) is 0 Å². The first kappa shape index (κ1) is 10.2. The van der Waals surface area contributed by atoms with Gasteiger partial charge in [0.25, 0.3) is 0 Å². The normalized spacial score (nSPS) is 23.3. The molecule has 2 rings (SSSR count). The lowest BCUT2D eigenvalue weighted by atomic mass is 10.1. The van der Waals surface area contributed by atoms with Crippen LogP contribution in [-0.4, -0.2) is 18.3 Å². The minimum absolute atomic E-state index is 0.230. The van der Waals surface area contributed by atoms with Crippen LogP contribution in [0.1, 0.15) is 24.8 Å². The SMILES string of the molecule is COc1ccc(/C=C2\CCCC2O)cc1. The van der Waals surface area contributed by atoms with E-state index in [4.69, 9.17) is 4.74 Å². The number of aliphatic hydroxyl groups excluding tert-OH is 1. The lowest BCUT2D eigenvalue weighted by Gasteiger charge is -2.04. The third-order valence-corrected chi connectivity index (χ3v) is 2.84. The number of aliphatic hydroxyl groups is 1. The Bertz CT molecular complexity index is 351. The van der Waals surface area contributed by atoms with Crippen molar-refractivity contribution in [2.45, 2.75) is 25.4 Å². The summed E-state index contributed by atoms with van der Waals surface area (Å²) in [7, 11) is 1.66. The van der Waals surface area contributed by atoms with Crippen LogP contribution < -0.4 is 4.74 Å². The predicted octanol–water partition coefficient (Wildman–Crippen LogP) is 2.62. The molecule has 0 aliphatic heterocycles. The molecule has 1 aliphatic carbocycles. The summed E-state index contributed by atoms with van der Waals surface area (Å²) in [5.74, 6) is 0.865. The molecule has 1 atom stereocenters. The Balaban J connectivity index is 2.16. The summed E-state index contributed by atoms with van der Waals surface area (Å²) in [6.45, 7) is 0. The summed E-state index contributed by atoms with van der Waals surface area (Å²) in [4.78, 5) is 0. The number of hydrogen-bond acceptors (Lipinski definition) is 2. The van der Waals surface area contributed by atoms with E-state index in [-0.39, 0.29) is 6.10 Å². The van der Waals surface area contributed by atoms with Gasteiger partial charge in [-0.25, -0.2) is 0 Å². The number of methoxy groups -OCH3 is 1. The zero-order valence-corrected chi connectivity index (χ0v) is 8.94. The first-order valence-electron chi connectivity index (χ1n) is 5.32. The molecule has 0 heterocycles. The largest absolute Gasteiger partial charge is 0.497 e. The molecule has 15 heavy (non-hydrogen) atoms. The van der Waals surface area contributed by atoms with Crippen molar-refractivity contribution >= 4 is 6.08 Å². The fourth-order valence-corrected chi connectivity index (χ4v) is 1.93. The zero-order chi connectivity index (χ0) is 10.7. The van der Waals surface area contributed by atoms with Crippen LogP contribution in [-0.2, 0) is 0 Å². The second kappa shape index (κ2) is 4.49. The lowest BCUT2D eigenvalue weighted by molar-refractivity contribution is 0.219. The Morgan fingerprint density at radius 3 is 2.60 bits per heavy atom. The summed E-state index contributed by atoms with van der Waals surface area (Å²) in [6, 6.07) is 7.90. The minimum atomic E-state index is -0.230. The second-order valence-corrected chi connectivity index (χ2v) is 3.90. The molecule has 0 saturated heterocycles. The molecule has 0 radical (unpaired) electrons. The molecule has 1 aromatic rings. The summed E-state index contributed by atoms with van der Waals surface area (Å²) in [5, 5.41) is 9.66. The van der Waals surface area contributed by atoms with Crippen LogP contribution in [0.5, 0.6) is 5.75 Å². The van der Waals surface area contributed by atoms with Gasteiger partial charge in [0.15, 0.2) is 0 Å². The molecule has 0 bridgehead atoms. The van der Waals surface area contributed by atoms with Gasteiger partial charge < -0.3 is 9.84 Å². The van der Waals surface area contributed by atoms with Crippen LogP contribution in [0.3, 0.4) is 0 Å². The van der Waals surface area contributed by atoms with Gasteiger partial charge in [-0.05, 0) is 42.5 Å². The lowest BCUT2D eigenvalue weighted by Crippen LogP contribution is -2.00. The molecule has 1 N–H and O–H groups in total. The zero-order valence-electron chi connectivity index (χ0n) is 8.94. The number of hydrogen-bond donors (Lipinski definition) is 1. The Labute approximate surface area is 90.2 Å². The van der Waals surface area contributed by atoms with E-state index in [0.717, 1.165) is 36.1 Å². The van der Waals surface area contributed by atoms with Gasteiger partial charge in [0, 0.05) is 0 Å². The molecule has 0 aromatic heterocycles. The van der Waals surface area contributed by atoms with Gasteiger partial charge in [0.1, 0.15) is 5.75 Å². The van der Waals surface area contributed by atoms with Gasteiger partial charge >= 0.3 is 0 Å². The van der Waals surface area contributed by atoms with Crippen molar-refractivity contribution in [3.63, 3.8) is 0 Å². The second-order valence-electron chi connectivity index (χ2n) is 3.90. The van der Waals surface area contributed by atoms with Gasteiger partial charge in [0.2, 0.25) is 0 Å². The third kappa shape index (κ3) is 2.39. The molecule has 1 aliphatic rings. The van der Waals surface area contributed by atoms with Crippen molar-refractivity contribution in [3.05, 3.63) is 35.4 Å². The van der Waals surface area contributed by atoms with Gasteiger partial charge in [0.05, 0.1) is 13.2 Å². The van der Waals surface area contributed by atoms with Gasteiger partial charge in [-0.3, -0.25) is 0 Å². The summed E-state index contributed by atoms with van der Waals surface area (Å²) >= 11 is 0. The maximum atomic E-state index is 9.66. The maximum absolute atomic E-state index is 9.66. The first-order valence-corrected chi connectivity index (χ1v) is 5.32. The van der Waals surface area contributed by atoms with E-state index < -0.39 is 0 Å². The quantitative estimate of drug-likeness (QED) is 0.802. The number of rotatable bonds is 2. The van der Waals surface area contributed by atoms with E-state index in [1.807, 2.05) is 24.3 Å². The van der Waals surface area contributed by atoms with Crippen LogP contribution in [0.15, 0.2) is 29.8 Å². The van der Waals surface area contributed by atoms with E-state index in [9.17, 15) is 5.11 Å². The summed E-state index contributed by atoms with van der Waals surface area (Å²) in [5.41, 5.74) is 2.28. The van der Waals surface area contributed by atoms with Crippen molar-refractivity contribution in [3.8, 4) is 5.75 Å². The number of benzene rings is 1. The van der Waals surface area contributed by atoms with Crippen molar-refractivity contribution in [1.29, 1.82) is 0 Å². The van der Waals surface area contributed by atoms with Crippen molar-refractivity contribution < 1.29 is 9.84 Å². The Kier molecular flexibility index (Phi) is 3.07. The average molecular weight is 204 g/mol. The molecule has 1 unspecified atom stereocenters. The monoisotopic (exact) mass is 204 g/mol. The third-order valence-electron chi connectivity index (χ3n) is 2.84. The highest BCUT2D eigenvalue weighted by atomic mass is 16.5. The molecule has 1 fully saturated rings. The van der Waals surface area contributed by atoms with E-state index in [1.165, 1.54) is 0 Å². The molecular weight excluding hydrogens is 188 g/mol. The van der Waals surface area contributed by atoms with Crippen LogP contribution >= 0.6 is 0 Å². The van der Waals surface area contributed by atoms with Crippen LogP contribution in [0.25, 0.3) is 6.08 Å². The number of ether oxygens (including phenoxy) is 1. The Hall–Kier alpha value is -1.28. The van der Waals surface area contributed by atoms with Crippen molar-refractivity contribution in [1.82, 2.24) is 0 Å². The highest BCUT2D eigenvalue weighted by molar-refractivity contribution is 5.55. The van der Waals surface area contributed by atoms with Gasteiger partial charge in [-0.2, -0.15) is 0 Å². The first-order chi connectivity index (χ1) is 7.29. The molecule has 2 heteroatoms. The molecular formula is C13H16O2. The maximum Gasteiger partial charge on any atom is 0.118 e. The molecule has 0 spiro atoms. The smallest absolute Gasteiger partial charge is 0.118 e. The summed E-state index contributed by atoms with van der Waals surface area (Å²) < 4.78 is 5.09. The molecule has 1 saturated carbocycles. The van der Waals surface area contributed by atoms with Gasteiger partial charge in [-0.1, -0.05) is 18.2 Å². The average Bonchev–Trinajstić information content (AvgIpc) is 2.66. The molecule has 1 aromatic carbocycles. The predicted molar refractivity (Wildman–Crippen MR) is 60.8 cm³/mol. The minimum Gasteiger partial charge on any atom is -0.497 e. The topological polar surface area (TPSA) is 29.5 Å². The molecule has 2 nitrogen and oxygen atoms in total. The van der Waals surface area contributed by atoms with E-state index in [1.54, 1.807) is 7.11 Å². The van der Waals surface area contributed by atoms with E-state index >= 15 is 0 Å². The van der Waals surface area contributed by atoms with Gasteiger partial charge in [-0.15, -0.1) is 0 Å².